The Morgan fingerprint density at radius 1 is 1.37 bits per heavy atom. The van der Waals surface area contributed by atoms with Gasteiger partial charge in [0.25, 0.3) is 0 Å². The molecule has 3 N–H and O–H groups in total. The normalized spacial score (nSPS) is 12.5. The molecule has 3 heteroatoms. The van der Waals surface area contributed by atoms with Gasteiger partial charge in [0.05, 0.1) is 0 Å². The van der Waals surface area contributed by atoms with Gasteiger partial charge in [-0.1, -0.05) is 32.9 Å². The summed E-state index contributed by atoms with van der Waals surface area (Å²) in [5.74, 6) is 0.906. The number of carbonyl (C=O) groups excluding carboxylic acids is 1. The van der Waals surface area contributed by atoms with E-state index >= 15 is 0 Å². The van der Waals surface area contributed by atoms with Crippen molar-refractivity contribution in [1.29, 1.82) is 0 Å². The van der Waals surface area contributed by atoms with E-state index in [1.165, 1.54) is 5.56 Å². The minimum atomic E-state index is 0.0596. The Balaban J connectivity index is 2.53. The lowest BCUT2D eigenvalue weighted by atomic mass is 9.94. The first kappa shape index (κ1) is 15.7. The molecular formula is C16H26N2O. The molecule has 0 aliphatic rings. The molecule has 3 nitrogen and oxygen atoms in total. The van der Waals surface area contributed by atoms with Gasteiger partial charge in [0, 0.05) is 12.1 Å². The minimum absolute atomic E-state index is 0.0596. The molecule has 1 rings (SSSR count). The molecule has 1 unspecified atom stereocenters. The molecule has 0 aliphatic carbocycles. The summed E-state index contributed by atoms with van der Waals surface area (Å²) in [6.45, 7) is 6.99. The van der Waals surface area contributed by atoms with E-state index in [9.17, 15) is 4.79 Å². The lowest BCUT2D eigenvalue weighted by molar-refractivity contribution is -0.117. The van der Waals surface area contributed by atoms with Gasteiger partial charge < -0.3 is 11.1 Å². The van der Waals surface area contributed by atoms with Crippen molar-refractivity contribution in [3.8, 4) is 0 Å². The van der Waals surface area contributed by atoms with Crippen LogP contribution < -0.4 is 11.1 Å². The highest BCUT2D eigenvalue weighted by Gasteiger charge is 2.14. The van der Waals surface area contributed by atoms with Gasteiger partial charge in [0.2, 0.25) is 5.91 Å². The zero-order valence-electron chi connectivity index (χ0n) is 12.3. The summed E-state index contributed by atoms with van der Waals surface area (Å²) in [6.07, 6.45) is 2.48. The number of carbonyl (C=O) groups is 1. The monoisotopic (exact) mass is 262 g/mol. The number of benzene rings is 1. The van der Waals surface area contributed by atoms with Crippen LogP contribution in [0.3, 0.4) is 0 Å². The third-order valence-corrected chi connectivity index (χ3v) is 3.23. The Labute approximate surface area is 116 Å². The second kappa shape index (κ2) is 7.95. The standard InChI is InChI=1S/C16H26N2O/c1-4-13-6-5-7-15(9-13)18-16(19)10-14(11-17)8-12(2)3/h5-7,9,12,14H,4,8,10-11,17H2,1-3H3,(H,18,19). The van der Waals surface area contributed by atoms with E-state index in [1.807, 2.05) is 18.2 Å². The molecule has 0 spiro atoms. The maximum absolute atomic E-state index is 12.0. The Hall–Kier alpha value is -1.35. The van der Waals surface area contributed by atoms with Gasteiger partial charge in [-0.3, -0.25) is 4.79 Å². The Bertz CT molecular complexity index is 401. The number of aryl methyl sites for hydroxylation is 1. The zero-order chi connectivity index (χ0) is 14.3. The fourth-order valence-electron chi connectivity index (χ4n) is 2.27. The average Bonchev–Trinajstić information content (AvgIpc) is 2.37. The molecule has 0 aromatic heterocycles. The van der Waals surface area contributed by atoms with Gasteiger partial charge in [0.15, 0.2) is 0 Å². The number of hydrogen-bond donors (Lipinski definition) is 2. The summed E-state index contributed by atoms with van der Waals surface area (Å²) in [6, 6.07) is 7.99. The summed E-state index contributed by atoms with van der Waals surface area (Å²) in [7, 11) is 0. The molecular weight excluding hydrogens is 236 g/mol. The van der Waals surface area contributed by atoms with Crippen molar-refractivity contribution >= 4 is 11.6 Å². The van der Waals surface area contributed by atoms with Gasteiger partial charge in [-0.15, -0.1) is 0 Å². The molecule has 0 bridgehead atoms. The molecule has 0 aliphatic heterocycles. The molecule has 1 aromatic rings. The van der Waals surface area contributed by atoms with Crippen LogP contribution in [0.1, 0.15) is 39.2 Å². The first-order valence-electron chi connectivity index (χ1n) is 7.14. The maximum atomic E-state index is 12.0. The molecule has 0 radical (unpaired) electrons. The Kier molecular flexibility index (Phi) is 6.57. The van der Waals surface area contributed by atoms with Crippen LogP contribution in [0.2, 0.25) is 0 Å². The third-order valence-electron chi connectivity index (χ3n) is 3.23. The van der Waals surface area contributed by atoms with E-state index in [1.54, 1.807) is 0 Å². The lowest BCUT2D eigenvalue weighted by Crippen LogP contribution is -2.23. The minimum Gasteiger partial charge on any atom is -0.330 e. The van der Waals surface area contributed by atoms with Crippen LogP contribution in [0, 0.1) is 11.8 Å². The van der Waals surface area contributed by atoms with E-state index < -0.39 is 0 Å². The fourth-order valence-corrected chi connectivity index (χ4v) is 2.27. The predicted molar refractivity (Wildman–Crippen MR) is 81.1 cm³/mol. The lowest BCUT2D eigenvalue weighted by Gasteiger charge is -2.16. The summed E-state index contributed by atoms with van der Waals surface area (Å²) in [4.78, 5) is 12.0. The number of nitrogens with two attached hydrogens (primary N) is 1. The van der Waals surface area contributed by atoms with Gasteiger partial charge in [-0.25, -0.2) is 0 Å². The van der Waals surface area contributed by atoms with Crippen molar-refractivity contribution in [2.45, 2.75) is 40.0 Å². The van der Waals surface area contributed by atoms with E-state index in [0.29, 0.717) is 18.9 Å². The first-order chi connectivity index (χ1) is 9.05. The van der Waals surface area contributed by atoms with Crippen molar-refractivity contribution in [2.75, 3.05) is 11.9 Å². The number of nitrogens with one attached hydrogen (secondary N) is 1. The zero-order valence-corrected chi connectivity index (χ0v) is 12.3. The Morgan fingerprint density at radius 2 is 2.11 bits per heavy atom. The van der Waals surface area contributed by atoms with Crippen molar-refractivity contribution in [3.05, 3.63) is 29.8 Å². The SMILES string of the molecule is CCc1cccc(NC(=O)CC(CN)CC(C)C)c1. The van der Waals surface area contributed by atoms with Crippen molar-refractivity contribution in [3.63, 3.8) is 0 Å². The van der Waals surface area contributed by atoms with Crippen LogP contribution in [-0.2, 0) is 11.2 Å². The van der Waals surface area contributed by atoms with Crippen molar-refractivity contribution in [2.24, 2.45) is 17.6 Å². The van der Waals surface area contributed by atoms with Crippen LogP contribution >= 0.6 is 0 Å². The average molecular weight is 262 g/mol. The van der Waals surface area contributed by atoms with Crippen LogP contribution in [0.25, 0.3) is 0 Å². The second-order valence-corrected chi connectivity index (χ2v) is 5.54. The molecule has 0 heterocycles. The molecule has 0 fully saturated rings. The number of rotatable bonds is 7. The summed E-state index contributed by atoms with van der Waals surface area (Å²) in [5, 5.41) is 2.96. The third kappa shape index (κ3) is 5.88. The van der Waals surface area contributed by atoms with Crippen molar-refractivity contribution < 1.29 is 4.79 Å². The number of anilines is 1. The molecule has 0 saturated carbocycles. The van der Waals surface area contributed by atoms with Crippen LogP contribution in [-0.4, -0.2) is 12.5 Å². The summed E-state index contributed by atoms with van der Waals surface area (Å²) >= 11 is 0. The molecule has 1 aromatic carbocycles. The van der Waals surface area contributed by atoms with Gasteiger partial charge in [-0.05, 0) is 48.9 Å². The van der Waals surface area contributed by atoms with Gasteiger partial charge in [-0.2, -0.15) is 0 Å². The highest BCUT2D eigenvalue weighted by Crippen LogP contribution is 2.16. The number of hydrogen-bond acceptors (Lipinski definition) is 2. The molecule has 1 atom stereocenters. The fraction of sp³-hybridized carbons (Fsp3) is 0.562. The van der Waals surface area contributed by atoms with Crippen LogP contribution in [0.15, 0.2) is 24.3 Å². The Morgan fingerprint density at radius 3 is 2.68 bits per heavy atom. The second-order valence-electron chi connectivity index (χ2n) is 5.54. The highest BCUT2D eigenvalue weighted by atomic mass is 16.1. The van der Waals surface area contributed by atoms with Crippen molar-refractivity contribution in [1.82, 2.24) is 0 Å². The summed E-state index contributed by atoms with van der Waals surface area (Å²) < 4.78 is 0. The molecule has 0 saturated heterocycles. The predicted octanol–water partition coefficient (Wildman–Crippen LogP) is 3.20. The van der Waals surface area contributed by atoms with E-state index in [2.05, 4.69) is 32.2 Å². The van der Waals surface area contributed by atoms with Crippen LogP contribution in [0.5, 0.6) is 0 Å². The smallest absolute Gasteiger partial charge is 0.224 e. The number of amides is 1. The quantitative estimate of drug-likeness (QED) is 0.793. The largest absolute Gasteiger partial charge is 0.330 e. The van der Waals surface area contributed by atoms with E-state index in [0.717, 1.165) is 18.5 Å². The van der Waals surface area contributed by atoms with E-state index in [-0.39, 0.29) is 11.8 Å². The highest BCUT2D eigenvalue weighted by molar-refractivity contribution is 5.90. The maximum Gasteiger partial charge on any atom is 0.224 e. The van der Waals surface area contributed by atoms with Gasteiger partial charge >= 0.3 is 0 Å². The van der Waals surface area contributed by atoms with E-state index in [4.69, 9.17) is 5.73 Å². The molecule has 1 amide bonds. The summed E-state index contributed by atoms with van der Waals surface area (Å²) in [5.41, 5.74) is 7.84. The molecule has 106 valence electrons. The molecule has 19 heavy (non-hydrogen) atoms. The van der Waals surface area contributed by atoms with Gasteiger partial charge in [0.1, 0.15) is 0 Å². The first-order valence-corrected chi connectivity index (χ1v) is 7.14. The topological polar surface area (TPSA) is 55.1 Å². The van der Waals surface area contributed by atoms with Crippen LogP contribution in [0.4, 0.5) is 5.69 Å².